The molecule has 0 saturated heterocycles. The monoisotopic (exact) mass is 267 g/mol. The molecule has 0 spiro atoms. The average molecular weight is 267 g/mol. The normalized spacial score (nSPS) is 29.1. The van der Waals surface area contributed by atoms with E-state index in [0.29, 0.717) is 0 Å². The highest BCUT2D eigenvalue weighted by Gasteiger charge is 2.42. The molecule has 0 aromatic heterocycles. The lowest BCUT2D eigenvalue weighted by Gasteiger charge is -2.29. The largest absolute Gasteiger partial charge is 0.695 e. The Labute approximate surface area is 107 Å². The number of hydrogen-bond acceptors (Lipinski definition) is 3. The van der Waals surface area contributed by atoms with Gasteiger partial charge in [0.15, 0.2) is 11.9 Å². The van der Waals surface area contributed by atoms with Gasteiger partial charge >= 0.3 is 8.25 Å². The zero-order valence-corrected chi connectivity index (χ0v) is 11.0. The number of hydrogen-bond donors (Lipinski definition) is 1. The Balaban J connectivity index is 2.27. The van der Waals surface area contributed by atoms with Crippen LogP contribution in [-0.2, 0) is 13.9 Å². The van der Waals surface area contributed by atoms with E-state index in [0.717, 1.165) is 18.4 Å². The van der Waals surface area contributed by atoms with E-state index >= 15 is 0 Å². The molecule has 0 radical (unpaired) electrons. The first kappa shape index (κ1) is 13.3. The molecule has 1 aromatic carbocycles. The van der Waals surface area contributed by atoms with E-state index in [1.165, 1.54) is 0 Å². The number of benzene rings is 1. The van der Waals surface area contributed by atoms with Gasteiger partial charge in [0.2, 0.25) is 0 Å². The first-order chi connectivity index (χ1) is 8.59. The van der Waals surface area contributed by atoms with Gasteiger partial charge in [-0.05, 0) is 18.4 Å². The van der Waals surface area contributed by atoms with Crippen LogP contribution in [0.25, 0.3) is 0 Å². The molecular formula is C13H16O4P+. The molecule has 4 nitrogen and oxygen atoms in total. The van der Waals surface area contributed by atoms with Crippen LogP contribution in [0.4, 0.5) is 0 Å². The standard InChI is InChI=1S/C13H15O4P/c1-9-7-8-11(10-5-3-2-4-6-10)13(12(9)14)17-18(15)16/h2-6,9,11,13H,7-8H2,1H3/p+1. The molecule has 4 unspecified atom stereocenters. The molecule has 5 heteroatoms. The van der Waals surface area contributed by atoms with Gasteiger partial charge in [-0.15, -0.1) is 9.42 Å². The van der Waals surface area contributed by atoms with Crippen LogP contribution in [0, 0.1) is 5.92 Å². The van der Waals surface area contributed by atoms with E-state index in [-0.39, 0.29) is 17.6 Å². The molecule has 0 amide bonds. The van der Waals surface area contributed by atoms with Crippen molar-refractivity contribution in [2.45, 2.75) is 31.8 Å². The van der Waals surface area contributed by atoms with Crippen molar-refractivity contribution in [3.63, 3.8) is 0 Å². The maximum atomic E-state index is 12.1. The summed E-state index contributed by atoms with van der Waals surface area (Å²) in [6.07, 6.45) is 0.787. The van der Waals surface area contributed by atoms with Crippen molar-refractivity contribution >= 4 is 14.0 Å². The van der Waals surface area contributed by atoms with E-state index in [2.05, 4.69) is 0 Å². The van der Waals surface area contributed by atoms with Gasteiger partial charge in [0.25, 0.3) is 0 Å². The van der Waals surface area contributed by atoms with Crippen LogP contribution in [0.5, 0.6) is 0 Å². The number of carbonyl (C=O) groups is 1. The van der Waals surface area contributed by atoms with Gasteiger partial charge in [0.1, 0.15) is 0 Å². The third-order valence-electron chi connectivity index (χ3n) is 3.47. The Morgan fingerprint density at radius 1 is 1.28 bits per heavy atom. The van der Waals surface area contributed by atoms with Gasteiger partial charge in [-0.1, -0.05) is 37.3 Å². The van der Waals surface area contributed by atoms with Crippen LogP contribution < -0.4 is 0 Å². The second-order valence-electron chi connectivity index (χ2n) is 4.66. The van der Waals surface area contributed by atoms with Crippen molar-refractivity contribution in [2.24, 2.45) is 5.92 Å². The summed E-state index contributed by atoms with van der Waals surface area (Å²) in [5.74, 6) is -0.307. The topological polar surface area (TPSA) is 63.6 Å². The zero-order chi connectivity index (χ0) is 13.1. The van der Waals surface area contributed by atoms with Crippen LogP contribution in [-0.4, -0.2) is 16.8 Å². The predicted molar refractivity (Wildman–Crippen MR) is 67.3 cm³/mol. The number of carbonyl (C=O) groups excluding carboxylic acids is 1. The smallest absolute Gasteiger partial charge is 0.296 e. The molecule has 1 aliphatic carbocycles. The van der Waals surface area contributed by atoms with Crippen LogP contribution in [0.1, 0.15) is 31.2 Å². The van der Waals surface area contributed by atoms with Crippen molar-refractivity contribution in [1.82, 2.24) is 0 Å². The van der Waals surface area contributed by atoms with E-state index in [1.807, 2.05) is 37.3 Å². The minimum atomic E-state index is -2.76. The molecule has 1 aromatic rings. The zero-order valence-electron chi connectivity index (χ0n) is 10.2. The van der Waals surface area contributed by atoms with E-state index < -0.39 is 14.4 Å². The minimum Gasteiger partial charge on any atom is -0.296 e. The summed E-state index contributed by atoms with van der Waals surface area (Å²) in [6.45, 7) is 1.84. The maximum absolute atomic E-state index is 12.1. The quantitative estimate of drug-likeness (QED) is 0.855. The molecule has 1 saturated carbocycles. The molecule has 1 fully saturated rings. The third-order valence-corrected chi connectivity index (χ3v) is 3.88. The number of ketones is 1. The summed E-state index contributed by atoms with van der Waals surface area (Å²) < 4.78 is 15.8. The SMILES string of the molecule is CC1CCC(c2ccccc2)C(O[P+](=O)O)C1=O. The second kappa shape index (κ2) is 5.70. The highest BCUT2D eigenvalue weighted by atomic mass is 31.1. The van der Waals surface area contributed by atoms with Gasteiger partial charge in [0.05, 0.1) is 0 Å². The highest BCUT2D eigenvalue weighted by molar-refractivity contribution is 7.32. The van der Waals surface area contributed by atoms with Crippen molar-refractivity contribution in [2.75, 3.05) is 0 Å². The van der Waals surface area contributed by atoms with Gasteiger partial charge in [-0.2, -0.15) is 0 Å². The minimum absolute atomic E-state index is 0.0764. The average Bonchev–Trinajstić information content (AvgIpc) is 2.36. The molecular weight excluding hydrogens is 251 g/mol. The molecule has 18 heavy (non-hydrogen) atoms. The summed E-state index contributed by atoms with van der Waals surface area (Å²) in [5.41, 5.74) is 0.986. The van der Waals surface area contributed by atoms with Crippen LogP contribution >= 0.6 is 8.25 Å². The molecule has 1 N–H and O–H groups in total. The van der Waals surface area contributed by atoms with E-state index in [4.69, 9.17) is 9.42 Å². The summed E-state index contributed by atoms with van der Waals surface area (Å²) in [5, 5.41) is 0. The molecule has 0 heterocycles. The summed E-state index contributed by atoms with van der Waals surface area (Å²) >= 11 is 0. The fourth-order valence-corrected chi connectivity index (χ4v) is 2.91. The van der Waals surface area contributed by atoms with Crippen molar-refractivity contribution in [3.8, 4) is 0 Å². The molecule has 0 aliphatic heterocycles. The summed E-state index contributed by atoms with van der Waals surface area (Å²) in [4.78, 5) is 21.0. The lowest BCUT2D eigenvalue weighted by atomic mass is 9.76. The molecule has 2 rings (SSSR count). The van der Waals surface area contributed by atoms with Crippen LogP contribution in [0.15, 0.2) is 30.3 Å². The Bertz CT molecular complexity index is 446. The van der Waals surface area contributed by atoms with Crippen LogP contribution in [0.3, 0.4) is 0 Å². The van der Waals surface area contributed by atoms with E-state index in [9.17, 15) is 9.36 Å². The lowest BCUT2D eigenvalue weighted by molar-refractivity contribution is -0.133. The number of rotatable bonds is 3. The van der Waals surface area contributed by atoms with Gasteiger partial charge in [-0.3, -0.25) is 4.79 Å². The first-order valence-corrected chi connectivity index (χ1v) is 7.14. The fourth-order valence-electron chi connectivity index (χ4n) is 2.47. The van der Waals surface area contributed by atoms with Crippen molar-refractivity contribution < 1.29 is 18.8 Å². The Morgan fingerprint density at radius 2 is 1.94 bits per heavy atom. The summed E-state index contributed by atoms with van der Waals surface area (Å²) in [7, 11) is -2.76. The van der Waals surface area contributed by atoms with Gasteiger partial charge in [0, 0.05) is 16.4 Å². The van der Waals surface area contributed by atoms with Crippen molar-refractivity contribution in [3.05, 3.63) is 35.9 Å². The third kappa shape index (κ3) is 2.83. The number of Topliss-reactive ketones (excluding diaryl/α,β-unsaturated/α-hetero) is 1. The first-order valence-electron chi connectivity index (χ1n) is 6.01. The lowest BCUT2D eigenvalue weighted by Crippen LogP contribution is -2.38. The molecule has 1 aliphatic rings. The van der Waals surface area contributed by atoms with Crippen molar-refractivity contribution in [1.29, 1.82) is 0 Å². The maximum Gasteiger partial charge on any atom is 0.695 e. The fraction of sp³-hybridized carbons (Fsp3) is 0.462. The van der Waals surface area contributed by atoms with E-state index in [1.54, 1.807) is 0 Å². The van der Waals surface area contributed by atoms with Crippen LogP contribution in [0.2, 0.25) is 0 Å². The van der Waals surface area contributed by atoms with Gasteiger partial charge in [-0.25, -0.2) is 0 Å². The highest BCUT2D eigenvalue weighted by Crippen LogP contribution is 2.39. The Morgan fingerprint density at radius 3 is 2.56 bits per heavy atom. The second-order valence-corrected chi connectivity index (χ2v) is 5.35. The van der Waals surface area contributed by atoms with Gasteiger partial charge < -0.3 is 0 Å². The Kier molecular flexibility index (Phi) is 4.23. The Hall–Kier alpha value is -1.09. The molecule has 96 valence electrons. The molecule has 0 bridgehead atoms. The molecule has 4 atom stereocenters. The summed E-state index contributed by atoms with van der Waals surface area (Å²) in [6, 6.07) is 9.55. The predicted octanol–water partition coefficient (Wildman–Crippen LogP) is 2.80.